The van der Waals surface area contributed by atoms with Crippen LogP contribution < -0.4 is 5.32 Å². The van der Waals surface area contributed by atoms with Crippen molar-refractivity contribution in [1.82, 2.24) is 15.3 Å². The van der Waals surface area contributed by atoms with Gasteiger partial charge in [-0.1, -0.05) is 13.8 Å². The molecule has 1 rings (SSSR count). The average molecular weight is 237 g/mol. The summed E-state index contributed by atoms with van der Waals surface area (Å²) in [5.41, 5.74) is 1.14. The highest BCUT2D eigenvalue weighted by Crippen LogP contribution is 2.14. The van der Waals surface area contributed by atoms with Gasteiger partial charge in [0, 0.05) is 37.2 Å². The Morgan fingerprint density at radius 1 is 1.18 bits per heavy atom. The van der Waals surface area contributed by atoms with Crippen LogP contribution in [0.15, 0.2) is 18.7 Å². The van der Waals surface area contributed by atoms with E-state index in [1.807, 2.05) is 12.4 Å². The number of nitrogens with one attached hydrogen (secondary N) is 1. The lowest BCUT2D eigenvalue weighted by molar-refractivity contribution is 0.124. The summed E-state index contributed by atoms with van der Waals surface area (Å²) >= 11 is 0. The van der Waals surface area contributed by atoms with E-state index in [2.05, 4.69) is 29.1 Å². The molecule has 0 aromatic carbocycles. The van der Waals surface area contributed by atoms with Gasteiger partial charge in [-0.25, -0.2) is 9.97 Å². The third-order valence-corrected chi connectivity index (χ3v) is 2.52. The van der Waals surface area contributed by atoms with Crippen molar-refractivity contribution in [2.24, 2.45) is 0 Å². The predicted molar refractivity (Wildman–Crippen MR) is 68.8 cm³/mol. The summed E-state index contributed by atoms with van der Waals surface area (Å²) in [5.74, 6) is 0. The molecule has 0 spiro atoms. The van der Waals surface area contributed by atoms with Gasteiger partial charge in [0.2, 0.25) is 0 Å². The number of hydrogen-bond acceptors (Lipinski definition) is 4. The lowest BCUT2D eigenvalue weighted by atomic mass is 10.1. The van der Waals surface area contributed by atoms with Crippen molar-refractivity contribution in [3.8, 4) is 0 Å². The second-order valence-corrected chi connectivity index (χ2v) is 4.08. The van der Waals surface area contributed by atoms with Crippen LogP contribution in [0.4, 0.5) is 0 Å². The van der Waals surface area contributed by atoms with Crippen LogP contribution in [0.1, 0.15) is 44.7 Å². The summed E-state index contributed by atoms with van der Waals surface area (Å²) in [6, 6.07) is 0.299. The molecule has 1 aromatic rings. The maximum atomic E-state index is 5.53. The summed E-state index contributed by atoms with van der Waals surface area (Å²) in [5, 5.41) is 3.50. The van der Waals surface area contributed by atoms with E-state index < -0.39 is 0 Å². The molecule has 96 valence electrons. The van der Waals surface area contributed by atoms with Gasteiger partial charge >= 0.3 is 0 Å². The van der Waals surface area contributed by atoms with Gasteiger partial charge in [-0.3, -0.25) is 0 Å². The zero-order chi connectivity index (χ0) is 12.3. The molecule has 0 saturated carbocycles. The first-order valence-electron chi connectivity index (χ1n) is 6.44. The smallest absolute Gasteiger partial charge is 0.115 e. The maximum absolute atomic E-state index is 5.53. The quantitative estimate of drug-likeness (QED) is 0.670. The van der Waals surface area contributed by atoms with E-state index >= 15 is 0 Å². The van der Waals surface area contributed by atoms with Gasteiger partial charge < -0.3 is 10.1 Å². The van der Waals surface area contributed by atoms with E-state index in [0.29, 0.717) is 6.04 Å². The van der Waals surface area contributed by atoms with E-state index in [1.54, 1.807) is 6.33 Å². The molecule has 0 aliphatic carbocycles. The van der Waals surface area contributed by atoms with Crippen LogP contribution >= 0.6 is 0 Å². The molecule has 0 fully saturated rings. The first-order valence-corrected chi connectivity index (χ1v) is 6.44. The Bertz CT molecular complexity index is 279. The number of rotatable bonds is 9. The molecular formula is C13H23N3O. The Hall–Kier alpha value is -1.00. The van der Waals surface area contributed by atoms with Gasteiger partial charge in [0.05, 0.1) is 0 Å². The standard InChI is InChI=1S/C13H23N3O/c1-3-6-16-13(5-8-17-7-4-2)12-9-14-11-15-10-12/h9-11,13,16H,3-8H2,1-2H3. The molecule has 0 bridgehead atoms. The highest BCUT2D eigenvalue weighted by atomic mass is 16.5. The Kier molecular flexibility index (Phi) is 7.51. The third-order valence-electron chi connectivity index (χ3n) is 2.52. The molecule has 0 saturated heterocycles. The van der Waals surface area contributed by atoms with E-state index in [4.69, 9.17) is 4.74 Å². The Morgan fingerprint density at radius 3 is 2.59 bits per heavy atom. The molecule has 1 heterocycles. The Balaban J connectivity index is 2.43. The van der Waals surface area contributed by atoms with E-state index in [9.17, 15) is 0 Å². The molecule has 4 nitrogen and oxygen atoms in total. The molecular weight excluding hydrogens is 214 g/mol. The van der Waals surface area contributed by atoms with Crippen LogP contribution in [0.5, 0.6) is 0 Å². The fraction of sp³-hybridized carbons (Fsp3) is 0.692. The summed E-state index contributed by atoms with van der Waals surface area (Å²) in [6.07, 6.45) is 8.48. The van der Waals surface area contributed by atoms with Crippen molar-refractivity contribution >= 4 is 0 Å². The Labute approximate surface area is 104 Å². The van der Waals surface area contributed by atoms with Crippen molar-refractivity contribution in [3.63, 3.8) is 0 Å². The summed E-state index contributed by atoms with van der Waals surface area (Å²) in [6.45, 7) is 6.92. The molecule has 1 aromatic heterocycles. The molecule has 0 amide bonds. The molecule has 1 N–H and O–H groups in total. The fourth-order valence-electron chi connectivity index (χ4n) is 1.64. The van der Waals surface area contributed by atoms with Crippen molar-refractivity contribution in [2.75, 3.05) is 19.8 Å². The topological polar surface area (TPSA) is 47.0 Å². The van der Waals surface area contributed by atoms with Crippen molar-refractivity contribution in [1.29, 1.82) is 0 Å². The number of aromatic nitrogens is 2. The van der Waals surface area contributed by atoms with Crippen molar-refractivity contribution in [3.05, 3.63) is 24.3 Å². The molecule has 0 aliphatic rings. The normalized spacial score (nSPS) is 12.6. The van der Waals surface area contributed by atoms with Crippen LogP contribution in [-0.4, -0.2) is 29.7 Å². The highest BCUT2D eigenvalue weighted by molar-refractivity contribution is 5.08. The van der Waals surface area contributed by atoms with Gasteiger partial charge in [0.25, 0.3) is 0 Å². The number of nitrogens with zero attached hydrogens (tertiary/aromatic N) is 2. The first kappa shape index (κ1) is 14.1. The van der Waals surface area contributed by atoms with Gasteiger partial charge in [0.1, 0.15) is 6.33 Å². The molecule has 1 unspecified atom stereocenters. The van der Waals surface area contributed by atoms with Crippen molar-refractivity contribution in [2.45, 2.75) is 39.2 Å². The Morgan fingerprint density at radius 2 is 1.94 bits per heavy atom. The largest absolute Gasteiger partial charge is 0.381 e. The van der Waals surface area contributed by atoms with E-state index in [-0.39, 0.29) is 0 Å². The second kappa shape index (κ2) is 9.07. The fourth-order valence-corrected chi connectivity index (χ4v) is 1.64. The third kappa shape index (κ3) is 5.75. The van der Waals surface area contributed by atoms with Crippen LogP contribution in [0.2, 0.25) is 0 Å². The second-order valence-electron chi connectivity index (χ2n) is 4.08. The minimum atomic E-state index is 0.299. The van der Waals surface area contributed by atoms with Gasteiger partial charge in [-0.2, -0.15) is 0 Å². The SMILES string of the molecule is CCCNC(CCOCCC)c1cncnc1. The van der Waals surface area contributed by atoms with Gasteiger partial charge in [-0.05, 0) is 25.8 Å². The summed E-state index contributed by atoms with van der Waals surface area (Å²) in [7, 11) is 0. The number of ether oxygens (including phenoxy) is 1. The first-order chi connectivity index (χ1) is 8.38. The highest BCUT2D eigenvalue weighted by Gasteiger charge is 2.10. The van der Waals surface area contributed by atoms with Crippen LogP contribution in [0.25, 0.3) is 0 Å². The zero-order valence-corrected chi connectivity index (χ0v) is 10.9. The van der Waals surface area contributed by atoms with E-state index in [0.717, 1.165) is 44.6 Å². The maximum Gasteiger partial charge on any atom is 0.115 e. The van der Waals surface area contributed by atoms with E-state index in [1.165, 1.54) is 0 Å². The van der Waals surface area contributed by atoms with Crippen LogP contribution in [0, 0.1) is 0 Å². The molecule has 0 radical (unpaired) electrons. The minimum Gasteiger partial charge on any atom is -0.381 e. The summed E-state index contributed by atoms with van der Waals surface area (Å²) < 4.78 is 5.53. The van der Waals surface area contributed by atoms with Gasteiger partial charge in [-0.15, -0.1) is 0 Å². The monoisotopic (exact) mass is 237 g/mol. The van der Waals surface area contributed by atoms with Crippen LogP contribution in [0.3, 0.4) is 0 Å². The zero-order valence-electron chi connectivity index (χ0n) is 10.9. The number of hydrogen-bond donors (Lipinski definition) is 1. The molecule has 4 heteroatoms. The van der Waals surface area contributed by atoms with Gasteiger partial charge in [0.15, 0.2) is 0 Å². The lowest BCUT2D eigenvalue weighted by Crippen LogP contribution is -2.23. The minimum absolute atomic E-state index is 0.299. The molecule has 0 aliphatic heterocycles. The molecule has 1 atom stereocenters. The lowest BCUT2D eigenvalue weighted by Gasteiger charge is -2.18. The van der Waals surface area contributed by atoms with Crippen LogP contribution in [-0.2, 0) is 4.74 Å². The average Bonchev–Trinajstić information content (AvgIpc) is 2.39. The molecule has 17 heavy (non-hydrogen) atoms. The predicted octanol–water partition coefficient (Wildman–Crippen LogP) is 2.33. The van der Waals surface area contributed by atoms with Crippen molar-refractivity contribution < 1.29 is 4.74 Å². The summed E-state index contributed by atoms with van der Waals surface area (Å²) in [4.78, 5) is 8.13.